The standard InChI is InChI=1S/C20H30O5/c1-11(2)15(18(21)22)13-9-8-10-14(25-20(5,6)7)17(13)16(12(3)4)19(23)24/h8-12,15-16H,1-7H3,(H,21,22)(H,23,24). The maximum Gasteiger partial charge on any atom is 0.311 e. The molecule has 140 valence electrons. The van der Waals surface area contributed by atoms with Crippen LogP contribution in [0.25, 0.3) is 0 Å². The van der Waals surface area contributed by atoms with Crippen LogP contribution in [0.15, 0.2) is 18.2 Å². The Kier molecular flexibility index (Phi) is 6.63. The quantitative estimate of drug-likeness (QED) is 0.756. The Morgan fingerprint density at radius 2 is 1.40 bits per heavy atom. The van der Waals surface area contributed by atoms with E-state index in [9.17, 15) is 19.8 Å². The first-order valence-corrected chi connectivity index (χ1v) is 8.64. The molecule has 1 rings (SSSR count). The van der Waals surface area contributed by atoms with Crippen LogP contribution in [0.5, 0.6) is 5.75 Å². The summed E-state index contributed by atoms with van der Waals surface area (Å²) in [6.45, 7) is 12.9. The van der Waals surface area contributed by atoms with Crippen molar-refractivity contribution >= 4 is 11.9 Å². The van der Waals surface area contributed by atoms with Gasteiger partial charge < -0.3 is 14.9 Å². The molecule has 0 saturated carbocycles. The predicted octanol–water partition coefficient (Wildman–Crippen LogP) is 4.51. The Bertz CT molecular complexity index is 625. The molecule has 0 amide bonds. The molecule has 0 aliphatic carbocycles. The second-order valence-corrected chi connectivity index (χ2v) is 8.09. The summed E-state index contributed by atoms with van der Waals surface area (Å²) in [5.41, 5.74) is 0.468. The number of carbonyl (C=O) groups is 2. The van der Waals surface area contributed by atoms with Gasteiger partial charge in [0.25, 0.3) is 0 Å². The maximum absolute atomic E-state index is 12.0. The molecule has 0 saturated heterocycles. The fourth-order valence-corrected chi connectivity index (χ4v) is 3.10. The summed E-state index contributed by atoms with van der Waals surface area (Å²) in [4.78, 5) is 23.8. The normalized spacial score (nSPS) is 14.4. The summed E-state index contributed by atoms with van der Waals surface area (Å²) in [6.07, 6.45) is 0. The molecule has 25 heavy (non-hydrogen) atoms. The zero-order valence-electron chi connectivity index (χ0n) is 16.2. The summed E-state index contributed by atoms with van der Waals surface area (Å²) >= 11 is 0. The first-order valence-electron chi connectivity index (χ1n) is 8.64. The molecule has 0 fully saturated rings. The number of carboxylic acid groups (broad SMARTS) is 2. The maximum atomic E-state index is 12.0. The van der Waals surface area contributed by atoms with Crippen LogP contribution >= 0.6 is 0 Å². The molecule has 2 N–H and O–H groups in total. The van der Waals surface area contributed by atoms with Gasteiger partial charge in [0, 0.05) is 5.56 Å². The topological polar surface area (TPSA) is 83.8 Å². The molecule has 0 bridgehead atoms. The molecule has 0 aliphatic heterocycles. The third-order valence-electron chi connectivity index (χ3n) is 4.03. The van der Waals surface area contributed by atoms with E-state index in [0.717, 1.165) is 0 Å². The molecule has 5 nitrogen and oxygen atoms in total. The molecular formula is C20H30O5. The van der Waals surface area contributed by atoms with Gasteiger partial charge in [0.2, 0.25) is 0 Å². The van der Waals surface area contributed by atoms with Crippen molar-refractivity contribution in [1.82, 2.24) is 0 Å². The van der Waals surface area contributed by atoms with Gasteiger partial charge in [0.1, 0.15) is 11.4 Å². The van der Waals surface area contributed by atoms with Crippen molar-refractivity contribution in [2.75, 3.05) is 0 Å². The highest BCUT2D eigenvalue weighted by Gasteiger charge is 2.35. The van der Waals surface area contributed by atoms with Gasteiger partial charge in [0.05, 0.1) is 11.8 Å². The lowest BCUT2D eigenvalue weighted by Crippen LogP contribution is -2.28. The lowest BCUT2D eigenvalue weighted by molar-refractivity contribution is -0.141. The van der Waals surface area contributed by atoms with Crippen molar-refractivity contribution in [3.8, 4) is 5.75 Å². The highest BCUT2D eigenvalue weighted by Crippen LogP contribution is 2.41. The van der Waals surface area contributed by atoms with Crippen molar-refractivity contribution in [2.45, 2.75) is 65.9 Å². The molecule has 1 aromatic rings. The van der Waals surface area contributed by atoms with Crippen molar-refractivity contribution in [3.63, 3.8) is 0 Å². The van der Waals surface area contributed by atoms with Crippen LogP contribution in [0.3, 0.4) is 0 Å². The number of benzene rings is 1. The largest absolute Gasteiger partial charge is 0.488 e. The van der Waals surface area contributed by atoms with E-state index < -0.39 is 29.4 Å². The molecule has 2 unspecified atom stereocenters. The Morgan fingerprint density at radius 3 is 1.76 bits per heavy atom. The SMILES string of the molecule is CC(C)C(C(=O)O)c1cccc(OC(C)(C)C)c1C(C(=O)O)C(C)C. The Balaban J connectivity index is 3.75. The first kappa shape index (κ1) is 21.0. The number of hydrogen-bond donors (Lipinski definition) is 2. The lowest BCUT2D eigenvalue weighted by Gasteiger charge is -2.30. The molecule has 0 radical (unpaired) electrons. The number of hydrogen-bond acceptors (Lipinski definition) is 3. The fourth-order valence-electron chi connectivity index (χ4n) is 3.10. The van der Waals surface area contributed by atoms with Gasteiger partial charge in [-0.25, -0.2) is 0 Å². The summed E-state index contributed by atoms with van der Waals surface area (Å²) in [5, 5.41) is 19.5. The summed E-state index contributed by atoms with van der Waals surface area (Å²) in [7, 11) is 0. The van der Waals surface area contributed by atoms with Crippen molar-refractivity contribution in [1.29, 1.82) is 0 Å². The average Bonchev–Trinajstić information content (AvgIpc) is 2.38. The van der Waals surface area contributed by atoms with E-state index in [1.54, 1.807) is 18.2 Å². The van der Waals surface area contributed by atoms with E-state index in [4.69, 9.17) is 4.74 Å². The molecule has 0 heterocycles. The Hall–Kier alpha value is -2.04. The molecule has 1 aromatic carbocycles. The van der Waals surface area contributed by atoms with E-state index in [2.05, 4.69) is 0 Å². The smallest absolute Gasteiger partial charge is 0.311 e. The molecule has 0 aromatic heterocycles. The van der Waals surface area contributed by atoms with E-state index in [-0.39, 0.29) is 11.8 Å². The minimum absolute atomic E-state index is 0.178. The molecule has 0 aliphatic rings. The van der Waals surface area contributed by atoms with E-state index >= 15 is 0 Å². The van der Waals surface area contributed by atoms with Crippen molar-refractivity contribution in [2.24, 2.45) is 11.8 Å². The van der Waals surface area contributed by atoms with Crippen LogP contribution in [-0.2, 0) is 9.59 Å². The summed E-state index contributed by atoms with van der Waals surface area (Å²) < 4.78 is 6.01. The Morgan fingerprint density at radius 1 is 0.920 bits per heavy atom. The van der Waals surface area contributed by atoms with Gasteiger partial charge >= 0.3 is 11.9 Å². The van der Waals surface area contributed by atoms with Crippen LogP contribution in [0.1, 0.15) is 71.4 Å². The van der Waals surface area contributed by atoms with Gasteiger partial charge in [-0.2, -0.15) is 0 Å². The van der Waals surface area contributed by atoms with E-state index in [0.29, 0.717) is 16.9 Å². The van der Waals surface area contributed by atoms with E-state index in [1.807, 2.05) is 48.5 Å². The van der Waals surface area contributed by atoms with Crippen molar-refractivity contribution in [3.05, 3.63) is 29.3 Å². The zero-order valence-corrected chi connectivity index (χ0v) is 16.2. The average molecular weight is 350 g/mol. The lowest BCUT2D eigenvalue weighted by atomic mass is 9.78. The molecule has 5 heteroatoms. The zero-order chi connectivity index (χ0) is 19.5. The number of rotatable bonds is 7. The number of carboxylic acids is 2. The summed E-state index contributed by atoms with van der Waals surface area (Å²) in [5.74, 6) is -3.51. The summed E-state index contributed by atoms with van der Waals surface area (Å²) in [6, 6.07) is 5.17. The highest BCUT2D eigenvalue weighted by molar-refractivity contribution is 5.82. The van der Waals surface area contributed by atoms with E-state index in [1.165, 1.54) is 0 Å². The minimum atomic E-state index is -0.978. The monoisotopic (exact) mass is 350 g/mol. The fraction of sp³-hybridized carbons (Fsp3) is 0.600. The van der Waals surface area contributed by atoms with Crippen LogP contribution in [0, 0.1) is 11.8 Å². The minimum Gasteiger partial charge on any atom is -0.488 e. The number of ether oxygens (including phenoxy) is 1. The third kappa shape index (κ3) is 5.21. The third-order valence-corrected chi connectivity index (χ3v) is 4.03. The van der Waals surface area contributed by atoms with Crippen LogP contribution in [0.4, 0.5) is 0 Å². The highest BCUT2D eigenvalue weighted by atomic mass is 16.5. The van der Waals surface area contributed by atoms with Crippen LogP contribution in [-0.4, -0.2) is 27.8 Å². The molecule has 2 atom stereocenters. The van der Waals surface area contributed by atoms with Crippen molar-refractivity contribution < 1.29 is 24.5 Å². The second-order valence-electron chi connectivity index (χ2n) is 8.09. The van der Waals surface area contributed by atoms with Crippen LogP contribution < -0.4 is 4.74 Å². The number of aliphatic carboxylic acids is 2. The predicted molar refractivity (Wildman–Crippen MR) is 97.3 cm³/mol. The second kappa shape index (κ2) is 7.89. The van der Waals surface area contributed by atoms with Crippen LogP contribution in [0.2, 0.25) is 0 Å². The van der Waals surface area contributed by atoms with Gasteiger partial charge in [-0.05, 0) is 44.2 Å². The van der Waals surface area contributed by atoms with Gasteiger partial charge in [-0.1, -0.05) is 39.8 Å². The van der Waals surface area contributed by atoms with Gasteiger partial charge in [0.15, 0.2) is 0 Å². The van der Waals surface area contributed by atoms with Gasteiger partial charge in [-0.3, -0.25) is 9.59 Å². The molecular weight excluding hydrogens is 320 g/mol. The Labute approximate surface area is 150 Å². The molecule has 0 spiro atoms. The van der Waals surface area contributed by atoms with Gasteiger partial charge in [-0.15, -0.1) is 0 Å². The first-order chi connectivity index (χ1) is 11.4.